The molecule has 3 heterocycles. The number of fused-ring (bicyclic) bond motifs is 2. The molecule has 0 N–H and O–H groups in total. The first-order valence-corrected chi connectivity index (χ1v) is 11.2. The molecule has 33 heavy (non-hydrogen) atoms. The van der Waals surface area contributed by atoms with Gasteiger partial charge in [-0.15, -0.1) is 11.3 Å². The summed E-state index contributed by atoms with van der Waals surface area (Å²) in [7, 11) is 0. The first-order chi connectivity index (χ1) is 16.2. The van der Waals surface area contributed by atoms with Gasteiger partial charge in [-0.1, -0.05) is 42.5 Å². The summed E-state index contributed by atoms with van der Waals surface area (Å²) in [5.41, 5.74) is 1.20. The Morgan fingerprint density at radius 2 is 1.70 bits per heavy atom. The standard InChI is InChI=1S/C26H16N2O4S/c29-23-19-11-4-5-12-20(19)32-24-21(23)22(28(25(24)30)26-27-13-14-33-26)16-7-6-10-18(15-16)31-17-8-2-1-3-9-17/h1-15,22H/t22-/m0/s1. The average molecular weight is 452 g/mol. The average Bonchev–Trinajstić information content (AvgIpc) is 3.47. The molecule has 0 spiro atoms. The fraction of sp³-hybridized carbons (Fsp3) is 0.0385. The Morgan fingerprint density at radius 1 is 0.909 bits per heavy atom. The second-order valence-electron chi connectivity index (χ2n) is 7.55. The fourth-order valence-corrected chi connectivity index (χ4v) is 4.81. The third-order valence-electron chi connectivity index (χ3n) is 5.56. The van der Waals surface area contributed by atoms with Gasteiger partial charge in [0.05, 0.1) is 17.0 Å². The maximum Gasteiger partial charge on any atom is 0.297 e. The Kier molecular flexibility index (Phi) is 4.55. The van der Waals surface area contributed by atoms with E-state index in [9.17, 15) is 9.59 Å². The predicted molar refractivity (Wildman–Crippen MR) is 126 cm³/mol. The molecular formula is C26H16N2O4S. The number of hydrogen-bond acceptors (Lipinski definition) is 6. The molecule has 1 aliphatic rings. The zero-order valence-corrected chi connectivity index (χ0v) is 18.0. The summed E-state index contributed by atoms with van der Waals surface area (Å²) < 4.78 is 12.0. The van der Waals surface area contributed by atoms with Crippen LogP contribution in [-0.2, 0) is 0 Å². The van der Waals surface area contributed by atoms with Gasteiger partial charge in [0.1, 0.15) is 17.1 Å². The van der Waals surface area contributed by atoms with Gasteiger partial charge in [0, 0.05) is 11.6 Å². The topological polar surface area (TPSA) is 72.6 Å². The van der Waals surface area contributed by atoms with Crippen LogP contribution in [0.25, 0.3) is 11.0 Å². The molecule has 0 saturated heterocycles. The molecule has 1 amide bonds. The van der Waals surface area contributed by atoms with Gasteiger partial charge in [0.2, 0.25) is 5.76 Å². The van der Waals surface area contributed by atoms with Crippen molar-refractivity contribution >= 4 is 33.3 Å². The Bertz CT molecular complexity index is 1540. The maximum atomic E-state index is 13.6. The van der Waals surface area contributed by atoms with Crippen LogP contribution in [0.2, 0.25) is 0 Å². The predicted octanol–water partition coefficient (Wildman–Crippen LogP) is 5.79. The van der Waals surface area contributed by atoms with Gasteiger partial charge in [-0.2, -0.15) is 0 Å². The number of anilines is 1. The van der Waals surface area contributed by atoms with E-state index in [1.54, 1.807) is 35.8 Å². The fourth-order valence-electron chi connectivity index (χ4n) is 4.14. The molecule has 0 unspecified atom stereocenters. The van der Waals surface area contributed by atoms with E-state index in [0.29, 0.717) is 33.2 Å². The molecule has 160 valence electrons. The molecule has 0 saturated carbocycles. The van der Waals surface area contributed by atoms with Gasteiger partial charge in [-0.25, -0.2) is 4.98 Å². The summed E-state index contributed by atoms with van der Waals surface area (Å²) in [4.78, 5) is 32.9. The van der Waals surface area contributed by atoms with Crippen LogP contribution >= 0.6 is 11.3 Å². The molecule has 6 nitrogen and oxygen atoms in total. The molecule has 0 aliphatic carbocycles. The first-order valence-electron chi connectivity index (χ1n) is 10.3. The van der Waals surface area contributed by atoms with Crippen LogP contribution in [0.3, 0.4) is 0 Å². The monoisotopic (exact) mass is 452 g/mol. The lowest BCUT2D eigenvalue weighted by molar-refractivity contribution is 0.0971. The Balaban J connectivity index is 1.54. The molecule has 5 aromatic rings. The second kappa shape index (κ2) is 7.72. The minimum atomic E-state index is -0.682. The molecule has 1 aliphatic heterocycles. The molecule has 6 rings (SSSR count). The highest BCUT2D eigenvalue weighted by atomic mass is 32.1. The summed E-state index contributed by atoms with van der Waals surface area (Å²) in [5.74, 6) is 0.958. The molecule has 1 atom stereocenters. The zero-order valence-electron chi connectivity index (χ0n) is 17.2. The molecule has 0 bridgehead atoms. The highest BCUT2D eigenvalue weighted by molar-refractivity contribution is 7.13. The lowest BCUT2D eigenvalue weighted by atomic mass is 9.98. The number of nitrogens with zero attached hydrogens (tertiary/aromatic N) is 2. The van der Waals surface area contributed by atoms with Crippen molar-refractivity contribution in [3.05, 3.63) is 118 Å². The van der Waals surface area contributed by atoms with Crippen LogP contribution in [0.4, 0.5) is 5.13 Å². The van der Waals surface area contributed by atoms with E-state index >= 15 is 0 Å². The number of thiazole rings is 1. The first kappa shape index (κ1) is 19.5. The number of para-hydroxylation sites is 2. The number of hydrogen-bond donors (Lipinski definition) is 0. The van der Waals surface area contributed by atoms with Crippen LogP contribution in [0.5, 0.6) is 11.5 Å². The lowest BCUT2D eigenvalue weighted by Crippen LogP contribution is -2.29. The van der Waals surface area contributed by atoms with Gasteiger partial charge in [0.15, 0.2) is 10.6 Å². The number of benzene rings is 3. The van der Waals surface area contributed by atoms with Gasteiger partial charge >= 0.3 is 0 Å². The highest BCUT2D eigenvalue weighted by Gasteiger charge is 2.44. The number of carbonyl (C=O) groups excluding carboxylic acids is 1. The summed E-state index contributed by atoms with van der Waals surface area (Å²) in [6, 6.07) is 23.1. The second-order valence-corrected chi connectivity index (χ2v) is 8.42. The van der Waals surface area contributed by atoms with Crippen LogP contribution in [0.15, 0.2) is 99.7 Å². The summed E-state index contributed by atoms with van der Waals surface area (Å²) >= 11 is 1.33. The van der Waals surface area contributed by atoms with Crippen molar-refractivity contribution in [3.63, 3.8) is 0 Å². The van der Waals surface area contributed by atoms with E-state index in [4.69, 9.17) is 9.15 Å². The minimum Gasteiger partial charge on any atom is -0.457 e. The quantitative estimate of drug-likeness (QED) is 0.345. The smallest absolute Gasteiger partial charge is 0.297 e. The SMILES string of the molecule is O=C1c2oc3ccccc3c(=O)c2[C@H](c2cccc(Oc3ccccc3)c2)N1c1nccs1. The minimum absolute atomic E-state index is 0.0493. The molecule has 0 radical (unpaired) electrons. The number of ether oxygens (including phenoxy) is 1. The number of carbonyl (C=O) groups is 1. The molecule has 3 aromatic carbocycles. The number of rotatable bonds is 4. The normalized spacial score (nSPS) is 15.1. The van der Waals surface area contributed by atoms with Crippen LogP contribution in [0.1, 0.15) is 27.7 Å². The Hall–Kier alpha value is -4.23. The van der Waals surface area contributed by atoms with Gasteiger partial charge in [-0.05, 0) is 42.0 Å². The van der Waals surface area contributed by atoms with E-state index in [1.807, 2.05) is 54.6 Å². The lowest BCUT2D eigenvalue weighted by Gasteiger charge is -2.23. The molecule has 7 heteroatoms. The van der Waals surface area contributed by atoms with Crippen molar-refractivity contribution < 1.29 is 13.9 Å². The van der Waals surface area contributed by atoms with E-state index in [-0.39, 0.29) is 17.1 Å². The molecule has 0 fully saturated rings. The number of aromatic nitrogens is 1. The maximum absolute atomic E-state index is 13.6. The number of amides is 1. The van der Waals surface area contributed by atoms with E-state index < -0.39 is 6.04 Å². The van der Waals surface area contributed by atoms with E-state index in [0.717, 1.165) is 5.56 Å². The van der Waals surface area contributed by atoms with Crippen molar-refractivity contribution in [1.29, 1.82) is 0 Å². The Morgan fingerprint density at radius 3 is 2.52 bits per heavy atom. The third-order valence-corrected chi connectivity index (χ3v) is 6.33. The van der Waals surface area contributed by atoms with E-state index in [2.05, 4.69) is 4.98 Å². The van der Waals surface area contributed by atoms with E-state index in [1.165, 1.54) is 16.2 Å². The molecular weight excluding hydrogens is 436 g/mol. The highest BCUT2D eigenvalue weighted by Crippen LogP contribution is 2.42. The van der Waals surface area contributed by atoms with Crippen molar-refractivity contribution in [1.82, 2.24) is 4.98 Å². The zero-order chi connectivity index (χ0) is 22.4. The largest absolute Gasteiger partial charge is 0.457 e. The van der Waals surface area contributed by atoms with Crippen molar-refractivity contribution in [2.24, 2.45) is 0 Å². The van der Waals surface area contributed by atoms with Crippen molar-refractivity contribution in [2.75, 3.05) is 4.90 Å². The third kappa shape index (κ3) is 3.21. The molecule has 2 aromatic heterocycles. The summed E-state index contributed by atoms with van der Waals surface area (Å²) in [5, 5.41) is 2.73. The van der Waals surface area contributed by atoms with Crippen molar-refractivity contribution in [2.45, 2.75) is 6.04 Å². The van der Waals surface area contributed by atoms with Gasteiger partial charge < -0.3 is 9.15 Å². The van der Waals surface area contributed by atoms with Crippen LogP contribution in [0, 0.1) is 0 Å². The Labute approximate surface area is 192 Å². The van der Waals surface area contributed by atoms with Crippen LogP contribution < -0.4 is 15.1 Å². The van der Waals surface area contributed by atoms with Crippen molar-refractivity contribution in [3.8, 4) is 11.5 Å². The van der Waals surface area contributed by atoms with Crippen LogP contribution in [-0.4, -0.2) is 10.9 Å². The summed E-state index contributed by atoms with van der Waals surface area (Å²) in [6.45, 7) is 0. The van der Waals surface area contributed by atoms with Gasteiger partial charge in [0.25, 0.3) is 5.91 Å². The van der Waals surface area contributed by atoms with Gasteiger partial charge in [-0.3, -0.25) is 14.5 Å². The summed E-state index contributed by atoms with van der Waals surface area (Å²) in [6.07, 6.45) is 1.63.